The number of halogens is 2. The zero-order valence-electron chi connectivity index (χ0n) is 10.1. The Hall–Kier alpha value is -0.440. The van der Waals surface area contributed by atoms with Gasteiger partial charge in [-0.15, -0.1) is 0 Å². The minimum Gasteiger partial charge on any atom is -0.480 e. The number of hydrogen-bond acceptors (Lipinski definition) is 4. The van der Waals surface area contributed by atoms with Crippen LogP contribution in [0, 0.1) is 0 Å². The highest BCUT2D eigenvalue weighted by atomic mass is 79.9. The van der Waals surface area contributed by atoms with Gasteiger partial charge in [0.15, 0.2) is 0 Å². The summed E-state index contributed by atoms with van der Waals surface area (Å²) in [6.45, 7) is 3.14. The van der Waals surface area contributed by atoms with Gasteiger partial charge in [0.1, 0.15) is 9.65 Å². The lowest BCUT2D eigenvalue weighted by atomic mass is 10.5. The van der Waals surface area contributed by atoms with Gasteiger partial charge in [0.05, 0.1) is 13.2 Å². The maximum atomic E-state index is 9.65. The number of carboxylic acid groups (broad SMARTS) is 2. The van der Waals surface area contributed by atoms with Gasteiger partial charge < -0.3 is 20.4 Å². The molecule has 108 valence electrons. The highest BCUT2D eigenvalue weighted by Crippen LogP contribution is 1.94. The van der Waals surface area contributed by atoms with E-state index in [9.17, 15) is 9.59 Å². The summed E-state index contributed by atoms with van der Waals surface area (Å²) in [5.74, 6) is -1.65. The van der Waals surface area contributed by atoms with Gasteiger partial charge in [-0.1, -0.05) is 44.0 Å². The number of aliphatic hydroxyl groups is 2. The van der Waals surface area contributed by atoms with E-state index in [0.29, 0.717) is 0 Å². The first-order valence-corrected chi connectivity index (χ1v) is 6.64. The van der Waals surface area contributed by atoms with Crippen molar-refractivity contribution in [3.8, 4) is 0 Å². The summed E-state index contributed by atoms with van der Waals surface area (Å²) >= 11 is 5.68. The number of carbonyl (C=O) groups is 2. The van der Waals surface area contributed by atoms with Crippen LogP contribution in [-0.2, 0) is 9.59 Å². The van der Waals surface area contributed by atoms with Gasteiger partial charge in [0.2, 0.25) is 0 Å². The Morgan fingerprint density at radius 2 is 1.11 bits per heavy atom. The van der Waals surface area contributed by atoms with Crippen LogP contribution in [0.25, 0.3) is 0 Å². The molecule has 0 saturated carbocycles. The third-order valence-corrected chi connectivity index (χ3v) is 1.84. The molecule has 2 atom stereocenters. The van der Waals surface area contributed by atoms with E-state index < -0.39 is 21.6 Å². The Kier molecular flexibility index (Phi) is 20.9. The van der Waals surface area contributed by atoms with Gasteiger partial charge in [-0.25, -0.2) is 0 Å². The van der Waals surface area contributed by atoms with Crippen LogP contribution in [0.3, 0.4) is 0 Å². The largest absolute Gasteiger partial charge is 0.480 e. The second-order valence-electron chi connectivity index (χ2n) is 2.75. The third-order valence-electron chi connectivity index (χ3n) is 1.06. The van der Waals surface area contributed by atoms with Crippen LogP contribution in [0.1, 0.15) is 13.8 Å². The van der Waals surface area contributed by atoms with Crippen molar-refractivity contribution in [2.45, 2.75) is 23.5 Å². The van der Waals surface area contributed by atoms with Gasteiger partial charge in [-0.3, -0.25) is 9.59 Å². The average Bonchev–Trinajstić information content (AvgIpc) is 2.27. The summed E-state index contributed by atoms with van der Waals surface area (Å²) < 4.78 is 0. The van der Waals surface area contributed by atoms with Crippen molar-refractivity contribution in [2.24, 2.45) is 0 Å². The molecule has 0 radical (unpaired) electrons. The summed E-state index contributed by atoms with van der Waals surface area (Å²) in [5, 5.41) is 31.9. The molecule has 0 aliphatic heterocycles. The van der Waals surface area contributed by atoms with Crippen LogP contribution in [0.2, 0.25) is 0 Å². The molecule has 0 aromatic heterocycles. The number of rotatable bonds is 4. The lowest BCUT2D eigenvalue weighted by Gasteiger charge is -1.87. The van der Waals surface area contributed by atoms with E-state index in [4.69, 9.17) is 20.4 Å². The van der Waals surface area contributed by atoms with Gasteiger partial charge in [-0.05, 0) is 13.8 Å². The molecule has 4 N–H and O–H groups in total. The molecular weight excluding hydrogens is 376 g/mol. The van der Waals surface area contributed by atoms with Crippen molar-refractivity contribution in [2.75, 3.05) is 13.2 Å². The fraction of sp³-hybridized carbons (Fsp3) is 0.600. The molecular formula is C10H18Br2O6. The zero-order valence-corrected chi connectivity index (χ0v) is 13.3. The Balaban J connectivity index is -0.000000187. The molecule has 0 aliphatic rings. The van der Waals surface area contributed by atoms with Crippen LogP contribution in [-0.4, -0.2) is 55.2 Å². The SMILES string of the molecule is CC(Br)C(=O)O.C[C@H](Br)C(=O)O.OCC=CCO. The first-order chi connectivity index (χ1) is 8.20. The minimum atomic E-state index is -0.824. The molecule has 0 rings (SSSR count). The molecule has 0 bridgehead atoms. The highest BCUT2D eigenvalue weighted by molar-refractivity contribution is 9.10. The normalized spacial score (nSPS) is 12.6. The van der Waals surface area contributed by atoms with E-state index >= 15 is 0 Å². The maximum Gasteiger partial charge on any atom is 0.316 e. The van der Waals surface area contributed by atoms with Crippen LogP contribution in [0.5, 0.6) is 0 Å². The fourth-order valence-electron chi connectivity index (χ4n) is 0.149. The molecule has 0 fully saturated rings. The molecule has 8 heteroatoms. The molecule has 0 aliphatic carbocycles. The molecule has 6 nitrogen and oxygen atoms in total. The molecule has 0 aromatic rings. The van der Waals surface area contributed by atoms with E-state index in [1.54, 1.807) is 13.8 Å². The predicted octanol–water partition coefficient (Wildman–Crippen LogP) is 1.24. The smallest absolute Gasteiger partial charge is 0.316 e. The van der Waals surface area contributed by atoms with Gasteiger partial charge in [0.25, 0.3) is 0 Å². The molecule has 0 aromatic carbocycles. The first-order valence-electron chi connectivity index (χ1n) is 4.81. The first kappa shape index (κ1) is 22.7. The topological polar surface area (TPSA) is 115 Å². The Bertz CT molecular complexity index is 217. The van der Waals surface area contributed by atoms with Crippen molar-refractivity contribution in [1.29, 1.82) is 0 Å². The zero-order chi connectivity index (χ0) is 15.1. The van der Waals surface area contributed by atoms with E-state index in [1.165, 1.54) is 12.2 Å². The molecule has 0 amide bonds. The number of hydrogen-bond donors (Lipinski definition) is 4. The second kappa shape index (κ2) is 16.6. The minimum absolute atomic E-state index is 0.0144. The van der Waals surface area contributed by atoms with E-state index in [1.807, 2.05) is 0 Å². The number of alkyl halides is 2. The number of aliphatic hydroxyl groups excluding tert-OH is 2. The Morgan fingerprint density at radius 3 is 1.17 bits per heavy atom. The molecule has 0 heterocycles. The van der Waals surface area contributed by atoms with E-state index in [0.717, 1.165) is 0 Å². The third kappa shape index (κ3) is 29.6. The van der Waals surface area contributed by atoms with Crippen LogP contribution < -0.4 is 0 Å². The van der Waals surface area contributed by atoms with Gasteiger partial charge in [-0.2, -0.15) is 0 Å². The average molecular weight is 394 g/mol. The second-order valence-corrected chi connectivity index (χ2v) is 5.49. The number of carboxylic acids is 2. The Labute approximate surface area is 123 Å². The van der Waals surface area contributed by atoms with E-state index in [2.05, 4.69) is 31.9 Å². The van der Waals surface area contributed by atoms with Crippen molar-refractivity contribution in [3.63, 3.8) is 0 Å². The molecule has 18 heavy (non-hydrogen) atoms. The molecule has 0 saturated heterocycles. The molecule has 0 spiro atoms. The standard InChI is InChI=1S/C4H8O2.2C3H5BrO2/c5-3-1-2-4-6;2*1-2(4)3(5)6/h1-2,5-6H,3-4H2;2*2H,1H3,(H,5,6)/t;2-;/m.0./s1. The molecule has 1 unspecified atom stereocenters. The summed E-state index contributed by atoms with van der Waals surface area (Å²) in [7, 11) is 0. The van der Waals surface area contributed by atoms with Crippen LogP contribution in [0.15, 0.2) is 12.2 Å². The van der Waals surface area contributed by atoms with Gasteiger partial charge >= 0.3 is 11.9 Å². The van der Waals surface area contributed by atoms with Crippen LogP contribution in [0.4, 0.5) is 0 Å². The van der Waals surface area contributed by atoms with Crippen LogP contribution >= 0.6 is 31.9 Å². The van der Waals surface area contributed by atoms with Crippen molar-refractivity contribution in [1.82, 2.24) is 0 Å². The van der Waals surface area contributed by atoms with Crippen molar-refractivity contribution < 1.29 is 30.0 Å². The number of aliphatic carboxylic acids is 2. The van der Waals surface area contributed by atoms with Gasteiger partial charge in [0, 0.05) is 0 Å². The lowest BCUT2D eigenvalue weighted by Crippen LogP contribution is -2.06. The lowest BCUT2D eigenvalue weighted by molar-refractivity contribution is -0.136. The summed E-state index contributed by atoms with van der Waals surface area (Å²) in [6.07, 6.45) is 2.97. The summed E-state index contributed by atoms with van der Waals surface area (Å²) in [4.78, 5) is 18.5. The van der Waals surface area contributed by atoms with Crippen molar-refractivity contribution in [3.05, 3.63) is 12.2 Å². The monoisotopic (exact) mass is 392 g/mol. The quantitative estimate of drug-likeness (QED) is 0.422. The van der Waals surface area contributed by atoms with E-state index in [-0.39, 0.29) is 13.2 Å². The predicted molar refractivity (Wildman–Crippen MR) is 75.4 cm³/mol. The Morgan fingerprint density at radius 1 is 0.944 bits per heavy atom. The summed E-state index contributed by atoms with van der Waals surface area (Å²) in [6, 6.07) is 0. The summed E-state index contributed by atoms with van der Waals surface area (Å²) in [5.41, 5.74) is 0. The van der Waals surface area contributed by atoms with Crippen molar-refractivity contribution >= 4 is 43.8 Å². The highest BCUT2D eigenvalue weighted by Gasteiger charge is 2.02. The maximum absolute atomic E-state index is 9.65. The fourth-order valence-corrected chi connectivity index (χ4v) is 0.149.